The SMILES string of the molecule is CCNC(=O)[C@]1(Cc2ccccc2)CCCN(C(=O)[C@@H](Cc2ccc(Cl)c(Cl)c2)NC(=O)N2CCC(NC(=O)CCCCCNC(=O)OC(C)(C)C)CC2)C1. The van der Waals surface area contributed by atoms with Gasteiger partial charge in [-0.05, 0) is 95.9 Å². The molecule has 2 aromatic rings. The third kappa shape index (κ3) is 13.9. The topological polar surface area (TPSA) is 149 Å². The highest BCUT2D eigenvalue weighted by molar-refractivity contribution is 6.42. The van der Waals surface area contributed by atoms with Crippen LogP contribution in [-0.2, 0) is 32.0 Å². The summed E-state index contributed by atoms with van der Waals surface area (Å²) in [7, 11) is 0. The second-order valence-electron chi connectivity index (χ2n) is 15.7. The first kappa shape index (κ1) is 43.7. The minimum absolute atomic E-state index is 0.0345. The fourth-order valence-corrected chi connectivity index (χ4v) is 7.57. The van der Waals surface area contributed by atoms with Gasteiger partial charge in [0.15, 0.2) is 0 Å². The predicted molar refractivity (Wildman–Crippen MR) is 215 cm³/mol. The van der Waals surface area contributed by atoms with Gasteiger partial charge in [-0.25, -0.2) is 9.59 Å². The standard InChI is InChI=1S/C41H58Cl2N6O6/c1-5-44-37(52)41(27-29-13-8-6-9-14-29)20-12-22-49(28-41)36(51)34(26-30-16-17-32(42)33(43)25-30)47-38(53)48-23-18-31(19-24-48)46-35(50)15-10-7-11-21-45-39(54)55-40(2,3)4/h6,8-9,13-14,16-17,25,31,34H,5,7,10-12,15,18-24,26-28H2,1-4H3,(H,44,52)(H,45,54)(H,46,50)(H,47,53)/t34-,41+/m1/s1. The average Bonchev–Trinajstić information content (AvgIpc) is 3.14. The Hall–Kier alpha value is -4.03. The third-order valence-corrected chi connectivity index (χ3v) is 10.7. The van der Waals surface area contributed by atoms with Crippen molar-refractivity contribution in [1.29, 1.82) is 0 Å². The number of alkyl carbamates (subject to hydrolysis) is 1. The molecule has 0 aliphatic carbocycles. The van der Waals surface area contributed by atoms with E-state index in [9.17, 15) is 24.0 Å². The summed E-state index contributed by atoms with van der Waals surface area (Å²) in [6, 6.07) is 13.7. The summed E-state index contributed by atoms with van der Waals surface area (Å²) < 4.78 is 5.23. The first-order valence-electron chi connectivity index (χ1n) is 19.5. The molecule has 0 saturated carbocycles. The minimum Gasteiger partial charge on any atom is -0.444 e. The zero-order chi connectivity index (χ0) is 40.0. The number of hydrogen-bond acceptors (Lipinski definition) is 6. The van der Waals surface area contributed by atoms with Gasteiger partial charge < -0.3 is 35.8 Å². The van der Waals surface area contributed by atoms with Crippen LogP contribution in [0.2, 0.25) is 10.0 Å². The van der Waals surface area contributed by atoms with Gasteiger partial charge in [-0.15, -0.1) is 0 Å². The van der Waals surface area contributed by atoms with Crippen LogP contribution in [0.1, 0.15) is 90.2 Å². The van der Waals surface area contributed by atoms with Gasteiger partial charge in [0.1, 0.15) is 11.6 Å². The summed E-state index contributed by atoms with van der Waals surface area (Å²) in [5.74, 6) is -0.375. The van der Waals surface area contributed by atoms with Crippen LogP contribution >= 0.6 is 23.2 Å². The molecule has 6 amide bonds. The number of piperidine rings is 2. The third-order valence-electron chi connectivity index (χ3n) is 10.0. The Morgan fingerprint density at radius 1 is 0.891 bits per heavy atom. The number of nitrogens with zero attached hydrogens (tertiary/aromatic N) is 2. The lowest BCUT2D eigenvalue weighted by atomic mass is 9.74. The van der Waals surface area contributed by atoms with Gasteiger partial charge in [0.05, 0.1) is 15.5 Å². The van der Waals surface area contributed by atoms with Crippen LogP contribution in [0.15, 0.2) is 48.5 Å². The lowest BCUT2D eigenvalue weighted by Crippen LogP contribution is -2.59. The molecule has 2 aromatic carbocycles. The van der Waals surface area contributed by atoms with Gasteiger partial charge in [0, 0.05) is 58.2 Å². The molecule has 0 spiro atoms. The molecule has 302 valence electrons. The van der Waals surface area contributed by atoms with E-state index in [2.05, 4.69) is 21.3 Å². The molecule has 0 unspecified atom stereocenters. The molecule has 14 heteroatoms. The molecule has 0 aromatic heterocycles. The Bertz CT molecular complexity index is 1610. The normalized spacial score (nSPS) is 18.2. The van der Waals surface area contributed by atoms with Crippen LogP contribution in [0.4, 0.5) is 9.59 Å². The lowest BCUT2D eigenvalue weighted by Gasteiger charge is -2.43. The fourth-order valence-electron chi connectivity index (χ4n) is 7.25. The number of benzene rings is 2. The number of carbonyl (C=O) groups is 5. The van der Waals surface area contributed by atoms with E-state index in [1.165, 1.54) is 0 Å². The summed E-state index contributed by atoms with van der Waals surface area (Å²) in [5.41, 5.74) is 0.406. The van der Waals surface area contributed by atoms with Crippen LogP contribution in [0.3, 0.4) is 0 Å². The van der Waals surface area contributed by atoms with Crippen molar-refractivity contribution in [3.05, 3.63) is 69.7 Å². The number of halogens is 2. The number of carbonyl (C=O) groups excluding carboxylic acids is 5. The fraction of sp³-hybridized carbons (Fsp3) is 0.585. The van der Waals surface area contributed by atoms with Crippen LogP contribution in [0.5, 0.6) is 0 Å². The smallest absolute Gasteiger partial charge is 0.407 e. The predicted octanol–water partition coefficient (Wildman–Crippen LogP) is 6.27. The molecular weight excluding hydrogens is 743 g/mol. The monoisotopic (exact) mass is 800 g/mol. The molecule has 2 atom stereocenters. The Balaban J connectivity index is 1.33. The Kier molecular flexibility index (Phi) is 16.5. The van der Waals surface area contributed by atoms with Gasteiger partial charge in [0.2, 0.25) is 17.7 Å². The molecule has 4 rings (SSSR count). The highest BCUT2D eigenvalue weighted by Crippen LogP contribution is 2.35. The number of amides is 6. The average molecular weight is 802 g/mol. The molecule has 2 fully saturated rings. The largest absolute Gasteiger partial charge is 0.444 e. The number of unbranched alkanes of at least 4 members (excludes halogenated alkanes) is 2. The molecule has 12 nitrogen and oxygen atoms in total. The van der Waals surface area contributed by atoms with Gasteiger partial charge in [-0.2, -0.15) is 0 Å². The van der Waals surface area contributed by atoms with Crippen molar-refractivity contribution in [2.24, 2.45) is 5.41 Å². The minimum atomic E-state index is -0.914. The van der Waals surface area contributed by atoms with E-state index in [0.29, 0.717) is 87.7 Å². The van der Waals surface area contributed by atoms with E-state index in [0.717, 1.165) is 24.0 Å². The second-order valence-corrected chi connectivity index (χ2v) is 16.5. The van der Waals surface area contributed by atoms with Crippen molar-refractivity contribution < 1.29 is 28.7 Å². The van der Waals surface area contributed by atoms with Crippen LogP contribution in [0, 0.1) is 5.41 Å². The van der Waals surface area contributed by atoms with E-state index in [-0.39, 0.29) is 42.8 Å². The van der Waals surface area contributed by atoms with Crippen molar-refractivity contribution in [3.63, 3.8) is 0 Å². The van der Waals surface area contributed by atoms with E-state index in [1.54, 1.807) is 28.0 Å². The molecular formula is C41H58Cl2N6O6. The summed E-state index contributed by atoms with van der Waals surface area (Å²) in [5, 5.41) is 12.6. The summed E-state index contributed by atoms with van der Waals surface area (Å²) in [6.07, 6.45) is 5.32. The maximum Gasteiger partial charge on any atom is 0.407 e. The first-order valence-corrected chi connectivity index (χ1v) is 20.3. The van der Waals surface area contributed by atoms with Crippen molar-refractivity contribution in [1.82, 2.24) is 31.1 Å². The van der Waals surface area contributed by atoms with Crippen LogP contribution < -0.4 is 21.3 Å². The van der Waals surface area contributed by atoms with Crippen LogP contribution in [-0.4, -0.2) is 96.6 Å². The summed E-state index contributed by atoms with van der Waals surface area (Å²) >= 11 is 12.5. The number of nitrogens with one attached hydrogen (secondary N) is 4. The zero-order valence-electron chi connectivity index (χ0n) is 32.7. The Morgan fingerprint density at radius 2 is 1.62 bits per heavy atom. The number of likely N-dealkylation sites (tertiary alicyclic amines) is 2. The lowest BCUT2D eigenvalue weighted by molar-refractivity contribution is -0.143. The zero-order valence-corrected chi connectivity index (χ0v) is 34.2. The molecule has 2 aliphatic rings. The van der Waals surface area contributed by atoms with Gasteiger partial charge in [-0.1, -0.05) is 66.0 Å². The number of ether oxygens (including phenoxy) is 1. The summed E-state index contributed by atoms with van der Waals surface area (Å²) in [6.45, 7) is 9.83. The van der Waals surface area contributed by atoms with Crippen molar-refractivity contribution in [2.45, 2.75) is 110 Å². The number of rotatable bonds is 15. The van der Waals surface area contributed by atoms with Crippen molar-refractivity contribution in [2.75, 3.05) is 39.3 Å². The molecule has 4 N–H and O–H groups in total. The Labute approximate surface area is 335 Å². The highest BCUT2D eigenvalue weighted by atomic mass is 35.5. The van der Waals surface area contributed by atoms with Crippen molar-refractivity contribution >= 4 is 53.0 Å². The van der Waals surface area contributed by atoms with E-state index < -0.39 is 23.2 Å². The quantitative estimate of drug-likeness (QED) is 0.156. The second kappa shape index (κ2) is 20.8. The molecule has 2 saturated heterocycles. The van der Waals surface area contributed by atoms with Crippen LogP contribution in [0.25, 0.3) is 0 Å². The molecule has 55 heavy (non-hydrogen) atoms. The van der Waals surface area contributed by atoms with Crippen molar-refractivity contribution in [3.8, 4) is 0 Å². The van der Waals surface area contributed by atoms with E-state index in [1.807, 2.05) is 58.0 Å². The molecule has 0 radical (unpaired) electrons. The maximum atomic E-state index is 14.4. The highest BCUT2D eigenvalue weighted by Gasteiger charge is 2.44. The maximum absolute atomic E-state index is 14.4. The molecule has 2 aliphatic heterocycles. The Morgan fingerprint density at radius 3 is 2.29 bits per heavy atom. The summed E-state index contributed by atoms with van der Waals surface area (Å²) in [4.78, 5) is 69.7. The van der Waals surface area contributed by atoms with E-state index in [4.69, 9.17) is 27.9 Å². The van der Waals surface area contributed by atoms with Gasteiger partial charge >= 0.3 is 12.1 Å². The first-order chi connectivity index (χ1) is 26.2. The molecule has 0 bridgehead atoms. The van der Waals surface area contributed by atoms with Gasteiger partial charge in [0.25, 0.3) is 0 Å². The number of hydrogen-bond donors (Lipinski definition) is 4. The van der Waals surface area contributed by atoms with Gasteiger partial charge in [-0.3, -0.25) is 14.4 Å². The number of urea groups is 1. The van der Waals surface area contributed by atoms with E-state index >= 15 is 0 Å². The molecule has 2 heterocycles.